The average Bonchev–Trinajstić information content (AvgIpc) is 2.19. The zero-order valence-electron chi connectivity index (χ0n) is 9.32. The van der Waals surface area contributed by atoms with Crippen molar-refractivity contribution in [2.24, 2.45) is 0 Å². The molecule has 0 amide bonds. The number of benzene rings is 1. The molecule has 0 heterocycles. The molecule has 0 bridgehead atoms. The Balaban J connectivity index is 3.30. The molecule has 1 atom stereocenters. The molecule has 1 aromatic carbocycles. The maximum absolute atomic E-state index is 10.8. The van der Waals surface area contributed by atoms with Crippen LogP contribution in [0.15, 0.2) is 18.2 Å². The van der Waals surface area contributed by atoms with Gasteiger partial charge in [-0.05, 0) is 24.0 Å². The fraction of sp³-hybridized carbons (Fsp3) is 0.385. The summed E-state index contributed by atoms with van der Waals surface area (Å²) in [4.78, 5) is 10.8. The smallest absolute Gasteiger partial charge is 0.141 e. The van der Waals surface area contributed by atoms with Crippen LogP contribution in [-0.4, -0.2) is 6.29 Å². The molecule has 0 saturated heterocycles. The van der Waals surface area contributed by atoms with E-state index < -0.39 is 5.92 Å². The van der Waals surface area contributed by atoms with Crippen LogP contribution in [0.3, 0.4) is 0 Å². The summed E-state index contributed by atoms with van der Waals surface area (Å²) in [7, 11) is 0. The summed E-state index contributed by atoms with van der Waals surface area (Å²) in [5.41, 5.74) is 3.01. The van der Waals surface area contributed by atoms with Crippen molar-refractivity contribution < 1.29 is 4.79 Å². The summed E-state index contributed by atoms with van der Waals surface area (Å²) in [6, 6.07) is 7.97. The summed E-state index contributed by atoms with van der Waals surface area (Å²) in [5, 5.41) is 8.90. The number of nitriles is 1. The van der Waals surface area contributed by atoms with E-state index in [9.17, 15) is 4.79 Å². The molecule has 2 nitrogen and oxygen atoms in total. The molecule has 0 saturated carbocycles. The monoisotopic (exact) mass is 201 g/mol. The second-order valence-corrected chi connectivity index (χ2v) is 4.03. The van der Waals surface area contributed by atoms with Crippen LogP contribution in [0, 0.1) is 18.3 Å². The van der Waals surface area contributed by atoms with Gasteiger partial charge in [0.2, 0.25) is 0 Å². The van der Waals surface area contributed by atoms with Crippen molar-refractivity contribution in [3.63, 3.8) is 0 Å². The number of aldehydes is 1. The van der Waals surface area contributed by atoms with Crippen LogP contribution in [0.1, 0.15) is 42.4 Å². The third-order valence-corrected chi connectivity index (χ3v) is 2.47. The Kier molecular flexibility index (Phi) is 3.62. The molecular formula is C13H15NO. The second kappa shape index (κ2) is 4.75. The van der Waals surface area contributed by atoms with E-state index in [0.717, 1.165) is 16.7 Å². The first-order valence-corrected chi connectivity index (χ1v) is 5.05. The molecule has 0 aliphatic carbocycles. The normalized spacial score (nSPS) is 12.2. The van der Waals surface area contributed by atoms with Gasteiger partial charge in [-0.1, -0.05) is 37.6 Å². The van der Waals surface area contributed by atoms with Gasteiger partial charge in [-0.25, -0.2) is 0 Å². The zero-order chi connectivity index (χ0) is 11.4. The van der Waals surface area contributed by atoms with Gasteiger partial charge in [-0.15, -0.1) is 0 Å². The molecule has 1 aromatic rings. The van der Waals surface area contributed by atoms with Crippen LogP contribution in [0.2, 0.25) is 0 Å². The Hall–Kier alpha value is -1.62. The lowest BCUT2D eigenvalue weighted by atomic mass is 9.89. The summed E-state index contributed by atoms with van der Waals surface area (Å²) < 4.78 is 0. The number of hydrogen-bond donors (Lipinski definition) is 0. The van der Waals surface area contributed by atoms with Gasteiger partial charge < -0.3 is 4.79 Å². The number of hydrogen-bond acceptors (Lipinski definition) is 2. The molecule has 2 heteroatoms. The van der Waals surface area contributed by atoms with Crippen LogP contribution >= 0.6 is 0 Å². The van der Waals surface area contributed by atoms with Gasteiger partial charge in [0.25, 0.3) is 0 Å². The minimum Gasteiger partial charge on any atom is -0.302 e. The van der Waals surface area contributed by atoms with E-state index in [4.69, 9.17) is 5.26 Å². The standard InChI is InChI=1S/C13H15NO/c1-9(2)12-5-4-10(3)6-13(12)11(7-14)8-15/h4-6,8-9,11H,1-3H3. The molecule has 1 unspecified atom stereocenters. The van der Waals surface area contributed by atoms with Gasteiger partial charge in [-0.3, -0.25) is 0 Å². The predicted molar refractivity (Wildman–Crippen MR) is 59.7 cm³/mol. The highest BCUT2D eigenvalue weighted by Crippen LogP contribution is 2.26. The van der Waals surface area contributed by atoms with E-state index in [1.54, 1.807) is 0 Å². The highest BCUT2D eigenvalue weighted by Gasteiger charge is 2.15. The first-order chi connectivity index (χ1) is 7.10. The molecule has 0 N–H and O–H groups in total. The van der Waals surface area contributed by atoms with Crippen LogP contribution in [0.5, 0.6) is 0 Å². The van der Waals surface area contributed by atoms with E-state index in [0.29, 0.717) is 12.2 Å². The van der Waals surface area contributed by atoms with E-state index in [2.05, 4.69) is 13.8 Å². The van der Waals surface area contributed by atoms with Gasteiger partial charge in [0.05, 0.1) is 6.07 Å². The Labute approximate surface area is 90.5 Å². The first kappa shape index (κ1) is 11.5. The highest BCUT2D eigenvalue weighted by atomic mass is 16.1. The quantitative estimate of drug-likeness (QED) is 0.705. The minimum absolute atomic E-state index is 0.330. The van der Waals surface area contributed by atoms with Gasteiger partial charge in [0, 0.05) is 0 Å². The molecule has 0 fully saturated rings. The van der Waals surface area contributed by atoms with E-state index in [1.807, 2.05) is 31.2 Å². The Bertz CT molecular complexity index is 401. The number of aryl methyl sites for hydroxylation is 1. The Morgan fingerprint density at radius 1 is 1.33 bits per heavy atom. The molecule has 15 heavy (non-hydrogen) atoms. The van der Waals surface area contributed by atoms with Crippen LogP contribution in [0.25, 0.3) is 0 Å². The van der Waals surface area contributed by atoms with Crippen LogP contribution < -0.4 is 0 Å². The van der Waals surface area contributed by atoms with Crippen LogP contribution in [0.4, 0.5) is 0 Å². The highest BCUT2D eigenvalue weighted by molar-refractivity contribution is 5.68. The number of carbonyl (C=O) groups excluding carboxylic acids is 1. The van der Waals surface area contributed by atoms with Gasteiger partial charge in [0.15, 0.2) is 0 Å². The molecule has 0 aromatic heterocycles. The Morgan fingerprint density at radius 2 is 2.00 bits per heavy atom. The third-order valence-electron chi connectivity index (χ3n) is 2.47. The summed E-state index contributed by atoms with van der Waals surface area (Å²) in [6.45, 7) is 6.09. The average molecular weight is 201 g/mol. The molecule has 0 radical (unpaired) electrons. The topological polar surface area (TPSA) is 40.9 Å². The summed E-state index contributed by atoms with van der Waals surface area (Å²) >= 11 is 0. The molecular weight excluding hydrogens is 186 g/mol. The summed E-state index contributed by atoms with van der Waals surface area (Å²) in [6.07, 6.45) is 0.709. The van der Waals surface area contributed by atoms with Crippen molar-refractivity contribution in [2.45, 2.75) is 32.6 Å². The van der Waals surface area contributed by atoms with Crippen molar-refractivity contribution in [2.75, 3.05) is 0 Å². The molecule has 1 rings (SSSR count). The fourth-order valence-electron chi connectivity index (χ4n) is 1.66. The third kappa shape index (κ3) is 2.44. The predicted octanol–water partition coefficient (Wildman–Crippen LogP) is 2.92. The minimum atomic E-state index is -0.637. The van der Waals surface area contributed by atoms with Crippen molar-refractivity contribution in [1.29, 1.82) is 5.26 Å². The van der Waals surface area contributed by atoms with Crippen molar-refractivity contribution in [3.8, 4) is 6.07 Å². The lowest BCUT2D eigenvalue weighted by Gasteiger charge is -2.14. The molecule has 0 aliphatic heterocycles. The molecule has 78 valence electrons. The maximum atomic E-state index is 10.8. The van der Waals surface area contributed by atoms with Crippen molar-refractivity contribution >= 4 is 6.29 Å². The Morgan fingerprint density at radius 3 is 2.47 bits per heavy atom. The van der Waals surface area contributed by atoms with Gasteiger partial charge in [-0.2, -0.15) is 5.26 Å². The number of rotatable bonds is 3. The lowest BCUT2D eigenvalue weighted by Crippen LogP contribution is -2.04. The van der Waals surface area contributed by atoms with Crippen molar-refractivity contribution in [1.82, 2.24) is 0 Å². The molecule has 0 aliphatic rings. The van der Waals surface area contributed by atoms with E-state index in [1.165, 1.54) is 0 Å². The summed E-state index contributed by atoms with van der Waals surface area (Å²) in [5.74, 6) is -0.307. The fourth-order valence-corrected chi connectivity index (χ4v) is 1.66. The first-order valence-electron chi connectivity index (χ1n) is 5.05. The van der Waals surface area contributed by atoms with Gasteiger partial charge >= 0.3 is 0 Å². The van der Waals surface area contributed by atoms with Crippen molar-refractivity contribution in [3.05, 3.63) is 34.9 Å². The van der Waals surface area contributed by atoms with E-state index in [-0.39, 0.29) is 0 Å². The van der Waals surface area contributed by atoms with Crippen LogP contribution in [-0.2, 0) is 4.79 Å². The largest absolute Gasteiger partial charge is 0.302 e. The maximum Gasteiger partial charge on any atom is 0.141 e. The molecule has 0 spiro atoms. The zero-order valence-corrected chi connectivity index (χ0v) is 9.32. The number of carbonyl (C=O) groups is 1. The van der Waals surface area contributed by atoms with Gasteiger partial charge in [0.1, 0.15) is 12.2 Å². The SMILES string of the molecule is Cc1ccc(C(C)C)c(C(C#N)C=O)c1. The van der Waals surface area contributed by atoms with E-state index >= 15 is 0 Å². The lowest BCUT2D eigenvalue weighted by molar-refractivity contribution is -0.108. The second-order valence-electron chi connectivity index (χ2n) is 4.03. The number of nitrogens with zero attached hydrogens (tertiary/aromatic N) is 1.